The average Bonchev–Trinajstić information content (AvgIpc) is 2.38. The number of halogens is 1. The molecule has 3 heteroatoms. The number of rotatable bonds is 9. The van der Waals surface area contributed by atoms with E-state index in [0.717, 1.165) is 23.2 Å². The van der Waals surface area contributed by atoms with Crippen molar-refractivity contribution >= 4 is 27.7 Å². The average molecular weight is 328 g/mol. The highest BCUT2D eigenvalue weighted by atomic mass is 79.9. The quantitative estimate of drug-likeness (QED) is 0.512. The summed E-state index contributed by atoms with van der Waals surface area (Å²) in [5, 5.41) is 3.61. The van der Waals surface area contributed by atoms with Crippen LogP contribution >= 0.6 is 27.7 Å². The molecule has 1 aromatic rings. The van der Waals surface area contributed by atoms with E-state index >= 15 is 0 Å². The van der Waals surface area contributed by atoms with Gasteiger partial charge in [0.15, 0.2) is 0 Å². The minimum Gasteiger partial charge on any atom is -0.313 e. The fraction of sp³-hybridized carbons (Fsp3) is 0.467. The largest absolute Gasteiger partial charge is 0.313 e. The van der Waals surface area contributed by atoms with Crippen molar-refractivity contribution in [2.24, 2.45) is 0 Å². The molecule has 0 aliphatic rings. The molecule has 1 nitrogen and oxygen atoms in total. The molecule has 0 bridgehead atoms. The highest BCUT2D eigenvalue weighted by molar-refractivity contribution is 9.10. The molecule has 1 atom stereocenters. The van der Waals surface area contributed by atoms with Crippen LogP contribution in [0.15, 0.2) is 46.3 Å². The van der Waals surface area contributed by atoms with Crippen LogP contribution in [0.1, 0.15) is 26.2 Å². The molecular weight excluding hydrogens is 306 g/mol. The highest BCUT2D eigenvalue weighted by Gasteiger charge is 2.07. The van der Waals surface area contributed by atoms with Crippen molar-refractivity contribution in [1.82, 2.24) is 5.32 Å². The molecule has 0 aliphatic carbocycles. The summed E-state index contributed by atoms with van der Waals surface area (Å²) in [6, 6.07) is 9.07. The predicted molar refractivity (Wildman–Crippen MR) is 86.4 cm³/mol. The number of hydrogen-bond acceptors (Lipinski definition) is 2. The molecule has 18 heavy (non-hydrogen) atoms. The van der Waals surface area contributed by atoms with Crippen molar-refractivity contribution < 1.29 is 0 Å². The summed E-state index contributed by atoms with van der Waals surface area (Å²) in [5.41, 5.74) is 0. The lowest BCUT2D eigenvalue weighted by atomic mass is 10.2. The summed E-state index contributed by atoms with van der Waals surface area (Å²) in [4.78, 5) is 1.33. The van der Waals surface area contributed by atoms with Gasteiger partial charge in [0.2, 0.25) is 0 Å². The van der Waals surface area contributed by atoms with Crippen LogP contribution in [-0.2, 0) is 0 Å². The van der Waals surface area contributed by atoms with E-state index in [1.165, 1.54) is 17.7 Å². The second-order valence-corrected chi connectivity index (χ2v) is 6.29. The molecule has 0 fully saturated rings. The van der Waals surface area contributed by atoms with Crippen LogP contribution in [0, 0.1) is 0 Å². The molecule has 1 aromatic carbocycles. The lowest BCUT2D eigenvalue weighted by molar-refractivity contribution is 0.524. The van der Waals surface area contributed by atoms with E-state index in [9.17, 15) is 0 Å². The van der Waals surface area contributed by atoms with Gasteiger partial charge in [-0.25, -0.2) is 0 Å². The zero-order chi connectivity index (χ0) is 13.2. The maximum atomic E-state index is 3.80. The fourth-order valence-electron chi connectivity index (χ4n) is 1.67. The Morgan fingerprint density at radius 2 is 2.33 bits per heavy atom. The lowest BCUT2D eigenvalue weighted by Crippen LogP contribution is -2.31. The van der Waals surface area contributed by atoms with Gasteiger partial charge in [-0.1, -0.05) is 35.0 Å². The Kier molecular flexibility index (Phi) is 8.47. The van der Waals surface area contributed by atoms with Gasteiger partial charge in [0, 0.05) is 21.2 Å². The normalized spacial score (nSPS) is 12.3. The van der Waals surface area contributed by atoms with Gasteiger partial charge >= 0.3 is 0 Å². The molecular formula is C15H22BrNS. The Balaban J connectivity index is 2.41. The van der Waals surface area contributed by atoms with Crippen molar-refractivity contribution in [2.45, 2.75) is 37.1 Å². The molecule has 1 unspecified atom stereocenters. The van der Waals surface area contributed by atoms with Crippen LogP contribution in [0.3, 0.4) is 0 Å². The Bertz CT molecular complexity index is 354. The summed E-state index contributed by atoms with van der Waals surface area (Å²) < 4.78 is 1.15. The van der Waals surface area contributed by atoms with Gasteiger partial charge in [0.05, 0.1) is 0 Å². The van der Waals surface area contributed by atoms with E-state index in [0.29, 0.717) is 6.04 Å². The van der Waals surface area contributed by atoms with Crippen LogP contribution in [0.2, 0.25) is 0 Å². The van der Waals surface area contributed by atoms with Gasteiger partial charge in [0.25, 0.3) is 0 Å². The summed E-state index contributed by atoms with van der Waals surface area (Å²) in [7, 11) is 0. The Labute approximate surface area is 124 Å². The third-order valence-corrected chi connectivity index (χ3v) is 4.30. The number of nitrogens with one attached hydrogen (secondary N) is 1. The summed E-state index contributed by atoms with van der Waals surface area (Å²) >= 11 is 5.43. The van der Waals surface area contributed by atoms with E-state index in [2.05, 4.69) is 59.0 Å². The Morgan fingerprint density at radius 1 is 1.50 bits per heavy atom. The summed E-state index contributed by atoms with van der Waals surface area (Å²) in [6.07, 6.45) is 5.45. The first kappa shape index (κ1) is 15.8. The molecule has 0 saturated carbocycles. The SMILES string of the molecule is C=CCCC(CSc1cccc(Br)c1)NCCC. The molecule has 0 aromatic heterocycles. The third kappa shape index (κ3) is 6.62. The van der Waals surface area contributed by atoms with E-state index in [-0.39, 0.29) is 0 Å². The first-order chi connectivity index (χ1) is 8.76. The third-order valence-electron chi connectivity index (χ3n) is 2.65. The lowest BCUT2D eigenvalue weighted by Gasteiger charge is -2.17. The minimum absolute atomic E-state index is 0.576. The molecule has 100 valence electrons. The van der Waals surface area contributed by atoms with Crippen LogP contribution in [-0.4, -0.2) is 18.3 Å². The van der Waals surface area contributed by atoms with Crippen LogP contribution in [0.5, 0.6) is 0 Å². The number of benzene rings is 1. The van der Waals surface area contributed by atoms with Crippen molar-refractivity contribution in [1.29, 1.82) is 0 Å². The molecule has 1 rings (SSSR count). The fourth-order valence-corrected chi connectivity index (χ4v) is 3.28. The zero-order valence-corrected chi connectivity index (χ0v) is 13.4. The van der Waals surface area contributed by atoms with Gasteiger partial charge in [-0.15, -0.1) is 18.3 Å². The van der Waals surface area contributed by atoms with Gasteiger partial charge < -0.3 is 5.32 Å². The number of allylic oxidation sites excluding steroid dienone is 1. The van der Waals surface area contributed by atoms with Gasteiger partial charge in [0.1, 0.15) is 0 Å². The van der Waals surface area contributed by atoms with E-state index < -0.39 is 0 Å². The van der Waals surface area contributed by atoms with E-state index in [1.807, 2.05) is 17.8 Å². The van der Waals surface area contributed by atoms with Crippen molar-refractivity contribution in [2.75, 3.05) is 12.3 Å². The first-order valence-corrected chi connectivity index (χ1v) is 8.26. The zero-order valence-electron chi connectivity index (χ0n) is 11.0. The van der Waals surface area contributed by atoms with Crippen LogP contribution in [0.4, 0.5) is 0 Å². The maximum Gasteiger partial charge on any atom is 0.0186 e. The first-order valence-electron chi connectivity index (χ1n) is 6.49. The van der Waals surface area contributed by atoms with Crippen molar-refractivity contribution in [3.8, 4) is 0 Å². The van der Waals surface area contributed by atoms with Crippen molar-refractivity contribution in [3.05, 3.63) is 41.4 Å². The molecule has 0 saturated heterocycles. The number of thioether (sulfide) groups is 1. The van der Waals surface area contributed by atoms with Crippen LogP contribution < -0.4 is 5.32 Å². The highest BCUT2D eigenvalue weighted by Crippen LogP contribution is 2.23. The smallest absolute Gasteiger partial charge is 0.0186 e. The van der Waals surface area contributed by atoms with E-state index in [4.69, 9.17) is 0 Å². The van der Waals surface area contributed by atoms with Gasteiger partial charge in [-0.3, -0.25) is 0 Å². The molecule has 0 heterocycles. The molecule has 1 N–H and O–H groups in total. The van der Waals surface area contributed by atoms with Crippen LogP contribution in [0.25, 0.3) is 0 Å². The van der Waals surface area contributed by atoms with E-state index in [1.54, 1.807) is 0 Å². The molecule has 0 aliphatic heterocycles. The molecule has 0 spiro atoms. The predicted octanol–water partition coefficient (Wildman–Crippen LogP) is 4.88. The Morgan fingerprint density at radius 3 is 3.00 bits per heavy atom. The van der Waals surface area contributed by atoms with Crippen molar-refractivity contribution in [3.63, 3.8) is 0 Å². The summed E-state index contributed by atoms with van der Waals surface area (Å²) in [5.74, 6) is 1.12. The second kappa shape index (κ2) is 9.65. The Hall–Kier alpha value is -0.250. The molecule has 0 radical (unpaired) electrons. The molecule has 0 amide bonds. The second-order valence-electron chi connectivity index (χ2n) is 4.29. The number of hydrogen-bond donors (Lipinski definition) is 1. The monoisotopic (exact) mass is 327 g/mol. The summed E-state index contributed by atoms with van der Waals surface area (Å²) in [6.45, 7) is 7.11. The maximum absolute atomic E-state index is 3.80. The topological polar surface area (TPSA) is 12.0 Å². The van der Waals surface area contributed by atoms with Gasteiger partial charge in [-0.05, 0) is 44.0 Å². The van der Waals surface area contributed by atoms with Gasteiger partial charge in [-0.2, -0.15) is 0 Å². The minimum atomic E-state index is 0.576. The standard InChI is InChI=1S/C15H22BrNS/c1-3-5-8-14(17-10-4-2)12-18-15-9-6-7-13(16)11-15/h3,6-7,9,11,14,17H,1,4-5,8,10,12H2,2H3.